The van der Waals surface area contributed by atoms with E-state index < -0.39 is 5.97 Å². The largest absolute Gasteiger partial charge is 0.463 e. The predicted octanol–water partition coefficient (Wildman–Crippen LogP) is 1.72. The minimum absolute atomic E-state index is 0.0815. The van der Waals surface area contributed by atoms with E-state index in [1.165, 1.54) is 17.0 Å². The second kappa shape index (κ2) is 5.26. The van der Waals surface area contributed by atoms with Gasteiger partial charge in [0.05, 0.1) is 13.7 Å². The van der Waals surface area contributed by atoms with E-state index in [-0.39, 0.29) is 5.82 Å². The molecule has 1 aromatic heterocycles. The van der Waals surface area contributed by atoms with Crippen LogP contribution in [0.2, 0.25) is 0 Å². The van der Waals surface area contributed by atoms with Gasteiger partial charge in [-0.3, -0.25) is 0 Å². The molecule has 0 spiro atoms. The van der Waals surface area contributed by atoms with E-state index in [2.05, 4.69) is 37.4 Å². The Labute approximate surface area is 112 Å². The van der Waals surface area contributed by atoms with Gasteiger partial charge < -0.3 is 4.74 Å². The van der Waals surface area contributed by atoms with Crippen molar-refractivity contribution < 1.29 is 9.53 Å². The van der Waals surface area contributed by atoms with E-state index in [0.717, 1.165) is 5.56 Å². The fraction of sp³-hybridized carbons (Fsp3) is 0.182. The maximum atomic E-state index is 11.2. The van der Waals surface area contributed by atoms with Crippen LogP contribution in [-0.2, 0) is 11.3 Å². The Hall–Kier alpha value is -1.44. The van der Waals surface area contributed by atoms with Gasteiger partial charge in [0, 0.05) is 3.57 Å². The van der Waals surface area contributed by atoms with E-state index in [0.29, 0.717) is 6.54 Å². The zero-order chi connectivity index (χ0) is 12.3. The van der Waals surface area contributed by atoms with Crippen LogP contribution in [0.4, 0.5) is 0 Å². The topological polar surface area (TPSA) is 57.0 Å². The van der Waals surface area contributed by atoms with Crippen LogP contribution in [0.5, 0.6) is 0 Å². The maximum absolute atomic E-state index is 11.2. The fourth-order valence-corrected chi connectivity index (χ4v) is 1.69. The molecule has 0 amide bonds. The first kappa shape index (κ1) is 12.0. The number of aromatic nitrogens is 3. The van der Waals surface area contributed by atoms with Crippen molar-refractivity contribution in [1.29, 1.82) is 0 Å². The lowest BCUT2D eigenvalue weighted by atomic mass is 10.2. The summed E-state index contributed by atoms with van der Waals surface area (Å²) in [5.41, 5.74) is 1.10. The lowest BCUT2D eigenvalue weighted by molar-refractivity contribution is 0.0586. The van der Waals surface area contributed by atoms with E-state index in [9.17, 15) is 4.79 Å². The Bertz CT molecular complexity index is 522. The summed E-state index contributed by atoms with van der Waals surface area (Å²) in [6, 6.07) is 8.07. The predicted molar refractivity (Wildman–Crippen MR) is 69.6 cm³/mol. The molecular formula is C11H10IN3O2. The molecule has 0 atom stereocenters. The van der Waals surface area contributed by atoms with E-state index in [1.54, 1.807) is 4.68 Å². The zero-order valence-corrected chi connectivity index (χ0v) is 11.3. The molecule has 0 radical (unpaired) electrons. The molecule has 5 nitrogen and oxygen atoms in total. The van der Waals surface area contributed by atoms with Gasteiger partial charge in [0.2, 0.25) is 0 Å². The third-order valence-corrected chi connectivity index (χ3v) is 2.88. The number of methoxy groups -OCH3 is 1. The zero-order valence-electron chi connectivity index (χ0n) is 9.13. The lowest BCUT2D eigenvalue weighted by Gasteiger charge is -2.00. The highest BCUT2D eigenvalue weighted by Gasteiger charge is 2.10. The molecular weight excluding hydrogens is 333 g/mol. The van der Waals surface area contributed by atoms with Crippen molar-refractivity contribution in [1.82, 2.24) is 14.8 Å². The molecule has 2 aromatic rings. The number of hydrogen-bond acceptors (Lipinski definition) is 4. The van der Waals surface area contributed by atoms with Crippen LogP contribution in [0.3, 0.4) is 0 Å². The van der Waals surface area contributed by atoms with Crippen molar-refractivity contribution in [3.05, 3.63) is 45.6 Å². The average molecular weight is 343 g/mol. The first-order chi connectivity index (χ1) is 8.19. The molecule has 0 unspecified atom stereocenters. The Morgan fingerprint density at radius 3 is 2.76 bits per heavy atom. The minimum Gasteiger partial charge on any atom is -0.463 e. The first-order valence-corrected chi connectivity index (χ1v) is 5.99. The summed E-state index contributed by atoms with van der Waals surface area (Å²) in [4.78, 5) is 15.0. The van der Waals surface area contributed by atoms with Crippen LogP contribution in [0, 0.1) is 3.57 Å². The van der Waals surface area contributed by atoms with Crippen LogP contribution in [0.15, 0.2) is 30.6 Å². The quantitative estimate of drug-likeness (QED) is 0.629. The van der Waals surface area contributed by atoms with Crippen LogP contribution >= 0.6 is 22.6 Å². The minimum atomic E-state index is -0.522. The molecule has 17 heavy (non-hydrogen) atoms. The number of esters is 1. The number of benzene rings is 1. The van der Waals surface area contributed by atoms with Crippen LogP contribution < -0.4 is 0 Å². The summed E-state index contributed by atoms with van der Waals surface area (Å²) >= 11 is 2.25. The van der Waals surface area contributed by atoms with Gasteiger partial charge in [-0.2, -0.15) is 0 Å². The van der Waals surface area contributed by atoms with Crippen LogP contribution in [0.1, 0.15) is 16.2 Å². The highest BCUT2D eigenvalue weighted by Crippen LogP contribution is 2.07. The van der Waals surface area contributed by atoms with Gasteiger partial charge in [-0.15, -0.1) is 5.10 Å². The molecule has 1 aromatic carbocycles. The number of carbonyl (C=O) groups is 1. The Kier molecular flexibility index (Phi) is 3.72. The molecule has 0 aliphatic rings. The molecule has 1 heterocycles. The van der Waals surface area contributed by atoms with Gasteiger partial charge in [0.1, 0.15) is 6.33 Å². The summed E-state index contributed by atoms with van der Waals surface area (Å²) in [5, 5.41) is 4.03. The fourth-order valence-electron chi connectivity index (χ4n) is 1.33. The van der Waals surface area contributed by atoms with Crippen molar-refractivity contribution in [2.75, 3.05) is 7.11 Å². The Morgan fingerprint density at radius 1 is 1.41 bits per heavy atom. The monoisotopic (exact) mass is 343 g/mol. The van der Waals surface area contributed by atoms with Gasteiger partial charge in [-0.1, -0.05) is 12.1 Å². The number of carbonyl (C=O) groups excluding carboxylic acids is 1. The number of nitrogens with zero attached hydrogens (tertiary/aromatic N) is 3. The van der Waals surface area contributed by atoms with Crippen molar-refractivity contribution in [2.24, 2.45) is 0 Å². The summed E-state index contributed by atoms with van der Waals surface area (Å²) in [7, 11) is 1.31. The highest BCUT2D eigenvalue weighted by atomic mass is 127. The normalized spacial score (nSPS) is 10.2. The maximum Gasteiger partial charge on any atom is 0.377 e. The molecule has 0 aliphatic heterocycles. The number of halogens is 1. The van der Waals surface area contributed by atoms with Gasteiger partial charge in [0.15, 0.2) is 0 Å². The third-order valence-electron chi connectivity index (χ3n) is 2.16. The molecule has 0 aliphatic carbocycles. The summed E-state index contributed by atoms with van der Waals surface area (Å²) < 4.78 is 7.32. The summed E-state index contributed by atoms with van der Waals surface area (Å²) in [6.45, 7) is 0.584. The van der Waals surface area contributed by atoms with Crippen LogP contribution in [-0.4, -0.2) is 27.8 Å². The summed E-state index contributed by atoms with van der Waals surface area (Å²) in [5.74, 6) is -0.440. The molecule has 0 N–H and O–H groups in total. The Balaban J connectivity index is 2.11. The Morgan fingerprint density at radius 2 is 2.12 bits per heavy atom. The second-order valence-corrected chi connectivity index (χ2v) is 4.63. The van der Waals surface area contributed by atoms with E-state index >= 15 is 0 Å². The van der Waals surface area contributed by atoms with Crippen LogP contribution in [0.25, 0.3) is 0 Å². The van der Waals surface area contributed by atoms with E-state index in [1.807, 2.05) is 24.3 Å². The number of hydrogen-bond donors (Lipinski definition) is 0. The molecule has 2 rings (SSSR count). The highest BCUT2D eigenvalue weighted by molar-refractivity contribution is 14.1. The SMILES string of the molecule is COC(=O)c1ncn(Cc2ccc(I)cc2)n1. The molecule has 0 saturated carbocycles. The van der Waals surface area contributed by atoms with Crippen molar-refractivity contribution >= 4 is 28.6 Å². The molecule has 88 valence electrons. The van der Waals surface area contributed by atoms with Gasteiger partial charge in [0.25, 0.3) is 5.82 Å². The van der Waals surface area contributed by atoms with Crippen molar-refractivity contribution in [2.45, 2.75) is 6.54 Å². The average Bonchev–Trinajstić information content (AvgIpc) is 2.80. The third kappa shape index (κ3) is 3.02. The molecule has 0 saturated heterocycles. The van der Waals surface area contributed by atoms with Gasteiger partial charge >= 0.3 is 5.97 Å². The summed E-state index contributed by atoms with van der Waals surface area (Å²) in [6.07, 6.45) is 1.52. The number of rotatable bonds is 3. The van der Waals surface area contributed by atoms with Gasteiger partial charge in [-0.05, 0) is 40.3 Å². The van der Waals surface area contributed by atoms with Crippen molar-refractivity contribution in [3.63, 3.8) is 0 Å². The smallest absolute Gasteiger partial charge is 0.377 e. The standard InChI is InChI=1S/C11H10IN3O2/c1-17-11(16)10-13-7-15(14-10)6-8-2-4-9(12)5-3-8/h2-5,7H,6H2,1H3. The number of ether oxygens (including phenoxy) is 1. The van der Waals surface area contributed by atoms with E-state index in [4.69, 9.17) is 0 Å². The molecule has 0 fully saturated rings. The second-order valence-electron chi connectivity index (χ2n) is 3.38. The lowest BCUT2D eigenvalue weighted by Crippen LogP contribution is -2.06. The molecule has 6 heteroatoms. The molecule has 0 bridgehead atoms. The van der Waals surface area contributed by atoms with Gasteiger partial charge in [-0.25, -0.2) is 14.5 Å². The van der Waals surface area contributed by atoms with Crippen molar-refractivity contribution in [3.8, 4) is 0 Å². The first-order valence-electron chi connectivity index (χ1n) is 4.91.